The van der Waals surface area contributed by atoms with E-state index in [1.54, 1.807) is 23.8 Å². The van der Waals surface area contributed by atoms with Crippen LogP contribution < -0.4 is 5.32 Å². The van der Waals surface area contributed by atoms with Gasteiger partial charge >= 0.3 is 6.09 Å². The lowest BCUT2D eigenvalue weighted by Gasteiger charge is -2.33. The van der Waals surface area contributed by atoms with Gasteiger partial charge in [0.1, 0.15) is 11.5 Å². The first-order valence-corrected chi connectivity index (χ1v) is 7.91. The number of anilines is 1. The van der Waals surface area contributed by atoms with Gasteiger partial charge in [-0.1, -0.05) is 0 Å². The summed E-state index contributed by atoms with van der Waals surface area (Å²) in [5.74, 6) is 0.408. The molecular weight excluding hydrogens is 314 g/mol. The molecule has 1 aliphatic heterocycles. The zero-order chi connectivity index (χ0) is 17.4. The highest BCUT2D eigenvalue weighted by atomic mass is 16.6. The van der Waals surface area contributed by atoms with Gasteiger partial charge < -0.3 is 24.6 Å². The highest BCUT2D eigenvalue weighted by Gasteiger charge is 2.26. The summed E-state index contributed by atoms with van der Waals surface area (Å²) in [6.07, 6.45) is 2.64. The van der Waals surface area contributed by atoms with Gasteiger partial charge in [-0.3, -0.25) is 4.79 Å². The van der Waals surface area contributed by atoms with Crippen molar-refractivity contribution in [1.82, 2.24) is 19.8 Å². The Labute approximate surface area is 140 Å². The summed E-state index contributed by atoms with van der Waals surface area (Å²) in [4.78, 5) is 35.7. The van der Waals surface area contributed by atoms with E-state index in [2.05, 4.69) is 15.3 Å². The molecule has 24 heavy (non-hydrogen) atoms. The average molecular weight is 337 g/mol. The fourth-order valence-electron chi connectivity index (χ4n) is 2.28. The smallest absolute Gasteiger partial charge is 0.409 e. The molecule has 0 saturated carbocycles. The molecule has 0 bridgehead atoms. The van der Waals surface area contributed by atoms with Crippen molar-refractivity contribution in [3.8, 4) is 0 Å². The fourth-order valence-corrected chi connectivity index (χ4v) is 2.28. The van der Waals surface area contributed by atoms with Crippen LogP contribution in [0.2, 0.25) is 0 Å². The van der Waals surface area contributed by atoms with E-state index in [1.807, 2.05) is 0 Å². The van der Waals surface area contributed by atoms with Crippen LogP contribution in [0.25, 0.3) is 0 Å². The number of ether oxygens (including phenoxy) is 2. The number of nitrogens with zero attached hydrogens (tertiary/aromatic N) is 4. The minimum Gasteiger partial charge on any atom is -0.450 e. The van der Waals surface area contributed by atoms with Crippen molar-refractivity contribution in [3.63, 3.8) is 0 Å². The van der Waals surface area contributed by atoms with Crippen LogP contribution in [0.5, 0.6) is 0 Å². The van der Waals surface area contributed by atoms with E-state index in [4.69, 9.17) is 9.47 Å². The zero-order valence-electron chi connectivity index (χ0n) is 14.0. The first-order chi connectivity index (χ1) is 11.7. The van der Waals surface area contributed by atoms with Crippen LogP contribution in [0.15, 0.2) is 12.4 Å². The largest absolute Gasteiger partial charge is 0.450 e. The van der Waals surface area contributed by atoms with Gasteiger partial charge in [0, 0.05) is 39.8 Å². The third-order valence-corrected chi connectivity index (χ3v) is 3.58. The molecule has 0 radical (unpaired) electrons. The standard InChI is InChI=1S/C15H23N5O4/c1-3-24-15(22)20-7-5-19(6-8-20)14(21)12-10-18-13(11-17-12)16-4-9-23-2/h10-11H,3-9H2,1-2H3,(H,16,18). The summed E-state index contributed by atoms with van der Waals surface area (Å²) < 4.78 is 9.90. The quantitative estimate of drug-likeness (QED) is 0.753. The Morgan fingerprint density at radius 2 is 1.88 bits per heavy atom. The van der Waals surface area contributed by atoms with Gasteiger partial charge in [-0.2, -0.15) is 0 Å². The molecule has 1 fully saturated rings. The van der Waals surface area contributed by atoms with Crippen LogP contribution in [0.3, 0.4) is 0 Å². The third kappa shape index (κ3) is 4.79. The van der Waals surface area contributed by atoms with Crippen LogP contribution in [0.1, 0.15) is 17.4 Å². The van der Waals surface area contributed by atoms with Gasteiger partial charge in [-0.05, 0) is 6.92 Å². The van der Waals surface area contributed by atoms with Crippen molar-refractivity contribution >= 4 is 17.8 Å². The van der Waals surface area contributed by atoms with E-state index in [-0.39, 0.29) is 17.7 Å². The summed E-state index contributed by atoms with van der Waals surface area (Å²) in [7, 11) is 1.62. The Bertz CT molecular complexity index is 543. The van der Waals surface area contributed by atoms with E-state index in [9.17, 15) is 9.59 Å². The summed E-state index contributed by atoms with van der Waals surface area (Å²) in [5, 5.41) is 3.04. The number of hydrogen-bond donors (Lipinski definition) is 1. The van der Waals surface area contributed by atoms with E-state index in [0.717, 1.165) is 0 Å². The third-order valence-electron chi connectivity index (χ3n) is 3.58. The van der Waals surface area contributed by atoms with Gasteiger partial charge in [0.2, 0.25) is 0 Å². The molecule has 0 atom stereocenters. The van der Waals surface area contributed by atoms with Crippen molar-refractivity contribution in [2.75, 3.05) is 58.4 Å². The van der Waals surface area contributed by atoms with Crippen molar-refractivity contribution in [1.29, 1.82) is 0 Å². The van der Waals surface area contributed by atoms with Gasteiger partial charge in [-0.25, -0.2) is 14.8 Å². The Morgan fingerprint density at radius 1 is 1.17 bits per heavy atom. The van der Waals surface area contributed by atoms with Crippen LogP contribution in [0.4, 0.5) is 10.6 Å². The number of nitrogens with one attached hydrogen (secondary N) is 1. The molecule has 0 spiro atoms. The van der Waals surface area contributed by atoms with E-state index < -0.39 is 0 Å². The van der Waals surface area contributed by atoms with Crippen LogP contribution in [-0.4, -0.2) is 84.8 Å². The second-order valence-electron chi connectivity index (χ2n) is 5.18. The second kappa shape index (κ2) is 9.02. The Hall–Kier alpha value is -2.42. The number of carbonyl (C=O) groups is 2. The molecule has 1 aliphatic rings. The lowest BCUT2D eigenvalue weighted by molar-refractivity contribution is 0.0565. The van der Waals surface area contributed by atoms with Crippen molar-refractivity contribution in [2.24, 2.45) is 0 Å². The Balaban J connectivity index is 1.85. The molecule has 2 amide bonds. The summed E-state index contributed by atoms with van der Waals surface area (Å²) in [5.41, 5.74) is 0.289. The molecule has 132 valence electrons. The molecule has 9 nitrogen and oxygen atoms in total. The lowest BCUT2D eigenvalue weighted by Crippen LogP contribution is -2.50. The van der Waals surface area contributed by atoms with E-state index in [0.29, 0.717) is 51.8 Å². The summed E-state index contributed by atoms with van der Waals surface area (Å²) in [6, 6.07) is 0. The molecular formula is C15H23N5O4. The molecule has 2 heterocycles. The van der Waals surface area contributed by atoms with Crippen LogP contribution in [-0.2, 0) is 9.47 Å². The van der Waals surface area contributed by atoms with Crippen LogP contribution >= 0.6 is 0 Å². The molecule has 0 aliphatic carbocycles. The zero-order valence-corrected chi connectivity index (χ0v) is 14.0. The number of amides is 2. The number of piperazine rings is 1. The maximum Gasteiger partial charge on any atom is 0.409 e. The number of carbonyl (C=O) groups excluding carboxylic acids is 2. The molecule has 1 saturated heterocycles. The SMILES string of the molecule is CCOC(=O)N1CCN(C(=O)c2cnc(NCCOC)cn2)CC1. The van der Waals surface area contributed by atoms with Crippen molar-refractivity contribution in [3.05, 3.63) is 18.1 Å². The maximum absolute atomic E-state index is 12.4. The molecule has 9 heteroatoms. The minimum absolute atomic E-state index is 0.186. The summed E-state index contributed by atoms with van der Waals surface area (Å²) >= 11 is 0. The van der Waals surface area contributed by atoms with E-state index in [1.165, 1.54) is 12.4 Å². The van der Waals surface area contributed by atoms with Gasteiger partial charge in [0.25, 0.3) is 5.91 Å². The van der Waals surface area contributed by atoms with E-state index >= 15 is 0 Å². The molecule has 1 aromatic rings. The molecule has 2 rings (SSSR count). The highest BCUT2D eigenvalue weighted by Crippen LogP contribution is 2.09. The monoisotopic (exact) mass is 337 g/mol. The Morgan fingerprint density at radius 3 is 2.46 bits per heavy atom. The first-order valence-electron chi connectivity index (χ1n) is 7.91. The molecule has 1 N–H and O–H groups in total. The second-order valence-corrected chi connectivity index (χ2v) is 5.18. The van der Waals surface area contributed by atoms with Gasteiger partial charge in [0.05, 0.1) is 25.6 Å². The van der Waals surface area contributed by atoms with Gasteiger partial charge in [0.15, 0.2) is 0 Å². The normalized spacial score (nSPS) is 14.4. The maximum atomic E-state index is 12.4. The molecule has 0 aromatic carbocycles. The van der Waals surface area contributed by atoms with Crippen molar-refractivity contribution in [2.45, 2.75) is 6.92 Å². The molecule has 1 aromatic heterocycles. The average Bonchev–Trinajstić information content (AvgIpc) is 2.62. The number of aromatic nitrogens is 2. The molecule has 0 unspecified atom stereocenters. The van der Waals surface area contributed by atoms with Crippen LogP contribution in [0, 0.1) is 0 Å². The summed E-state index contributed by atoms with van der Waals surface area (Å²) in [6.45, 7) is 5.10. The Kier molecular flexibility index (Phi) is 6.74. The topological polar surface area (TPSA) is 96.9 Å². The number of methoxy groups -OCH3 is 1. The van der Waals surface area contributed by atoms with Gasteiger partial charge in [-0.15, -0.1) is 0 Å². The predicted molar refractivity (Wildman–Crippen MR) is 86.9 cm³/mol. The first kappa shape index (κ1) is 17.9. The van der Waals surface area contributed by atoms with Crippen molar-refractivity contribution < 1.29 is 19.1 Å². The predicted octanol–water partition coefficient (Wildman–Crippen LogP) is 0.449. The minimum atomic E-state index is -0.337. The lowest BCUT2D eigenvalue weighted by atomic mass is 10.3. The number of hydrogen-bond acceptors (Lipinski definition) is 7. The fraction of sp³-hybridized carbons (Fsp3) is 0.600. The highest BCUT2D eigenvalue weighted by molar-refractivity contribution is 5.92. The number of rotatable bonds is 6.